The van der Waals surface area contributed by atoms with Gasteiger partial charge < -0.3 is 4.74 Å². The third kappa shape index (κ3) is 4.35. The Kier molecular flexibility index (Phi) is 5.55. The number of aromatic nitrogens is 1. The summed E-state index contributed by atoms with van der Waals surface area (Å²) in [5.41, 5.74) is 4.89. The summed E-state index contributed by atoms with van der Waals surface area (Å²) >= 11 is 1.54. The molecule has 4 nitrogen and oxygen atoms in total. The van der Waals surface area contributed by atoms with Crippen LogP contribution < -0.4 is 10.2 Å². The van der Waals surface area contributed by atoms with Gasteiger partial charge in [0.15, 0.2) is 0 Å². The third-order valence-electron chi connectivity index (χ3n) is 2.66. The van der Waals surface area contributed by atoms with Gasteiger partial charge in [-0.3, -0.25) is 5.43 Å². The van der Waals surface area contributed by atoms with E-state index in [9.17, 15) is 0 Å². The Labute approximate surface area is 123 Å². The minimum Gasteiger partial charge on any atom is -0.493 e. The van der Waals surface area contributed by atoms with Crippen LogP contribution >= 0.6 is 11.3 Å². The van der Waals surface area contributed by atoms with Crippen molar-refractivity contribution in [3.05, 3.63) is 40.9 Å². The molecule has 0 bridgehead atoms. The summed E-state index contributed by atoms with van der Waals surface area (Å²) in [6.45, 7) is 4.85. The number of nitrogens with zero attached hydrogens (tertiary/aromatic N) is 2. The van der Waals surface area contributed by atoms with Gasteiger partial charge in [-0.2, -0.15) is 5.10 Å². The van der Waals surface area contributed by atoms with Crippen LogP contribution in [0.2, 0.25) is 0 Å². The number of para-hydroxylation sites is 1. The number of benzene rings is 1. The van der Waals surface area contributed by atoms with E-state index in [0.717, 1.165) is 41.6 Å². The molecular formula is C15H19N3OS. The smallest absolute Gasteiger partial charge is 0.203 e. The number of anilines is 1. The summed E-state index contributed by atoms with van der Waals surface area (Å²) < 4.78 is 5.75. The number of rotatable bonds is 7. The van der Waals surface area contributed by atoms with Crippen molar-refractivity contribution in [2.45, 2.75) is 26.7 Å². The van der Waals surface area contributed by atoms with Crippen LogP contribution in [0.25, 0.3) is 0 Å². The molecule has 0 saturated heterocycles. The van der Waals surface area contributed by atoms with Crippen molar-refractivity contribution in [1.82, 2.24) is 4.98 Å². The molecule has 0 amide bonds. The van der Waals surface area contributed by atoms with Gasteiger partial charge in [-0.1, -0.05) is 25.5 Å². The molecule has 0 spiro atoms. The van der Waals surface area contributed by atoms with Gasteiger partial charge in [0.2, 0.25) is 5.13 Å². The zero-order chi connectivity index (χ0) is 14.2. The van der Waals surface area contributed by atoms with Gasteiger partial charge in [0.1, 0.15) is 5.75 Å². The predicted molar refractivity (Wildman–Crippen MR) is 84.9 cm³/mol. The quantitative estimate of drug-likeness (QED) is 0.474. The van der Waals surface area contributed by atoms with E-state index in [1.54, 1.807) is 6.21 Å². The van der Waals surface area contributed by atoms with Gasteiger partial charge in [0, 0.05) is 10.9 Å². The highest BCUT2D eigenvalue weighted by molar-refractivity contribution is 7.13. The summed E-state index contributed by atoms with van der Waals surface area (Å²) in [6, 6.07) is 7.89. The van der Waals surface area contributed by atoms with Crippen molar-refractivity contribution in [2.24, 2.45) is 5.10 Å². The standard InChI is InChI=1S/C15H19N3OS/c1-3-4-9-19-14-8-6-5-7-13(14)10-16-18-15-17-12(2)11-20-15/h5-8,10-11H,3-4,9H2,1-2H3,(H,17,18). The maximum Gasteiger partial charge on any atom is 0.203 e. The molecular weight excluding hydrogens is 270 g/mol. The van der Waals surface area contributed by atoms with Crippen molar-refractivity contribution in [1.29, 1.82) is 0 Å². The molecule has 1 N–H and O–H groups in total. The van der Waals surface area contributed by atoms with Crippen molar-refractivity contribution in [3.8, 4) is 5.75 Å². The molecule has 0 aliphatic carbocycles. The summed E-state index contributed by atoms with van der Waals surface area (Å²) in [5, 5.41) is 6.99. The summed E-state index contributed by atoms with van der Waals surface area (Å²) in [5.74, 6) is 0.863. The second-order valence-corrected chi connectivity index (χ2v) is 5.26. The van der Waals surface area contributed by atoms with E-state index in [1.165, 1.54) is 11.3 Å². The van der Waals surface area contributed by atoms with Gasteiger partial charge >= 0.3 is 0 Å². The first kappa shape index (κ1) is 14.5. The molecule has 0 aliphatic heterocycles. The first-order valence-corrected chi connectivity index (χ1v) is 7.60. The number of unbranched alkanes of at least 4 members (excludes halogenated alkanes) is 1. The SMILES string of the molecule is CCCCOc1ccccc1C=NNc1nc(C)cs1. The lowest BCUT2D eigenvalue weighted by Gasteiger charge is -2.07. The number of hydrogen-bond acceptors (Lipinski definition) is 5. The fourth-order valence-electron chi connectivity index (χ4n) is 1.61. The summed E-state index contributed by atoms with van der Waals surface area (Å²) in [7, 11) is 0. The lowest BCUT2D eigenvalue weighted by Crippen LogP contribution is -2.00. The fourth-order valence-corrected chi connectivity index (χ4v) is 2.24. The topological polar surface area (TPSA) is 46.5 Å². The number of ether oxygens (including phenoxy) is 1. The highest BCUT2D eigenvalue weighted by atomic mass is 32.1. The molecule has 1 heterocycles. The molecule has 1 aromatic carbocycles. The van der Waals surface area contributed by atoms with Gasteiger partial charge in [-0.15, -0.1) is 11.3 Å². The van der Waals surface area contributed by atoms with Gasteiger partial charge in [0.25, 0.3) is 0 Å². The van der Waals surface area contributed by atoms with E-state index >= 15 is 0 Å². The van der Waals surface area contributed by atoms with Gasteiger partial charge in [-0.05, 0) is 25.5 Å². The molecule has 5 heteroatoms. The molecule has 2 rings (SSSR count). The van der Waals surface area contributed by atoms with E-state index < -0.39 is 0 Å². The number of hydrogen-bond donors (Lipinski definition) is 1. The molecule has 2 aromatic rings. The second-order valence-electron chi connectivity index (χ2n) is 4.40. The Morgan fingerprint density at radius 1 is 1.40 bits per heavy atom. The average molecular weight is 289 g/mol. The second kappa shape index (κ2) is 7.65. The van der Waals surface area contributed by atoms with Crippen molar-refractivity contribution >= 4 is 22.7 Å². The first-order chi connectivity index (χ1) is 9.79. The van der Waals surface area contributed by atoms with E-state index in [2.05, 4.69) is 22.4 Å². The normalized spacial score (nSPS) is 10.9. The van der Waals surface area contributed by atoms with Crippen molar-refractivity contribution < 1.29 is 4.74 Å². The van der Waals surface area contributed by atoms with Crippen LogP contribution in [-0.2, 0) is 0 Å². The van der Waals surface area contributed by atoms with Gasteiger partial charge in [0.05, 0.1) is 18.5 Å². The van der Waals surface area contributed by atoms with Crippen LogP contribution in [0, 0.1) is 6.92 Å². The molecule has 20 heavy (non-hydrogen) atoms. The van der Waals surface area contributed by atoms with Crippen LogP contribution in [-0.4, -0.2) is 17.8 Å². The Bertz CT molecular complexity index is 566. The Morgan fingerprint density at radius 2 is 2.25 bits per heavy atom. The lowest BCUT2D eigenvalue weighted by atomic mass is 10.2. The number of thiazole rings is 1. The van der Waals surface area contributed by atoms with Gasteiger partial charge in [-0.25, -0.2) is 4.98 Å². The highest BCUT2D eigenvalue weighted by Gasteiger charge is 2.00. The van der Waals surface area contributed by atoms with E-state index in [4.69, 9.17) is 4.74 Å². The average Bonchev–Trinajstić information content (AvgIpc) is 2.86. The first-order valence-electron chi connectivity index (χ1n) is 6.72. The number of nitrogens with one attached hydrogen (secondary N) is 1. The van der Waals surface area contributed by atoms with Crippen LogP contribution in [0.15, 0.2) is 34.7 Å². The minimum atomic E-state index is 0.737. The van der Waals surface area contributed by atoms with Crippen molar-refractivity contribution in [3.63, 3.8) is 0 Å². The monoisotopic (exact) mass is 289 g/mol. The molecule has 0 aliphatic rings. The largest absolute Gasteiger partial charge is 0.493 e. The van der Waals surface area contributed by atoms with Crippen LogP contribution in [0.3, 0.4) is 0 Å². The summed E-state index contributed by atoms with van der Waals surface area (Å²) in [6.07, 6.45) is 3.95. The van der Waals surface area contributed by atoms with Crippen LogP contribution in [0.1, 0.15) is 31.0 Å². The molecule has 0 atom stereocenters. The number of aryl methyl sites for hydroxylation is 1. The minimum absolute atomic E-state index is 0.737. The van der Waals surface area contributed by atoms with Crippen LogP contribution in [0.4, 0.5) is 5.13 Å². The molecule has 0 fully saturated rings. The Morgan fingerprint density at radius 3 is 3.00 bits per heavy atom. The van der Waals surface area contributed by atoms with Crippen molar-refractivity contribution in [2.75, 3.05) is 12.0 Å². The lowest BCUT2D eigenvalue weighted by molar-refractivity contribution is 0.309. The Balaban J connectivity index is 1.97. The molecule has 0 unspecified atom stereocenters. The maximum absolute atomic E-state index is 5.75. The van der Waals surface area contributed by atoms with E-state index in [1.807, 2.05) is 36.6 Å². The number of hydrazone groups is 1. The summed E-state index contributed by atoms with van der Waals surface area (Å²) in [4.78, 5) is 4.29. The maximum atomic E-state index is 5.75. The highest BCUT2D eigenvalue weighted by Crippen LogP contribution is 2.17. The van der Waals surface area contributed by atoms with E-state index in [-0.39, 0.29) is 0 Å². The Hall–Kier alpha value is -1.88. The predicted octanol–water partition coefficient (Wildman–Crippen LogP) is 4.08. The molecule has 106 valence electrons. The third-order valence-corrected chi connectivity index (χ3v) is 3.52. The van der Waals surface area contributed by atoms with E-state index in [0.29, 0.717) is 0 Å². The van der Waals surface area contributed by atoms with Crippen LogP contribution in [0.5, 0.6) is 5.75 Å². The molecule has 1 aromatic heterocycles. The zero-order valence-electron chi connectivity index (χ0n) is 11.8. The molecule has 0 saturated carbocycles. The zero-order valence-corrected chi connectivity index (χ0v) is 12.6. The fraction of sp³-hybridized carbons (Fsp3) is 0.333. The molecule has 0 radical (unpaired) electrons.